The Hall–Kier alpha value is -2.81. The third-order valence-corrected chi connectivity index (χ3v) is 4.40. The second-order valence-electron chi connectivity index (χ2n) is 6.58. The number of carbonyl (C=O) groups is 1. The van der Waals surface area contributed by atoms with Crippen LogP contribution in [0, 0.1) is 0 Å². The molecule has 0 radical (unpaired) electrons. The molecule has 2 amide bonds. The van der Waals surface area contributed by atoms with Crippen LogP contribution in [-0.2, 0) is 6.54 Å². The number of piperidine rings is 1. The molecule has 6 nitrogen and oxygen atoms in total. The average Bonchev–Trinajstić information content (AvgIpc) is 2.71. The molecule has 2 heterocycles. The number of pyridine rings is 1. The summed E-state index contributed by atoms with van der Waals surface area (Å²) in [5.41, 5.74) is 1.43. The summed E-state index contributed by atoms with van der Waals surface area (Å²) in [7, 11) is 0. The van der Waals surface area contributed by atoms with E-state index in [-0.39, 0.29) is 17.5 Å². The Morgan fingerprint density at radius 3 is 2.47 bits per heavy atom. The first-order valence-corrected chi connectivity index (χ1v) is 9.92. The number of hydrogen-bond donors (Lipinski definition) is 2. The molecule has 0 unspecified atom stereocenters. The van der Waals surface area contributed by atoms with Gasteiger partial charge < -0.3 is 15.4 Å². The molecule has 164 valence electrons. The number of halogens is 3. The van der Waals surface area contributed by atoms with E-state index in [0.29, 0.717) is 0 Å². The molecule has 0 bridgehead atoms. The fourth-order valence-corrected chi connectivity index (χ4v) is 3.11. The molecule has 9 heteroatoms. The number of alkyl halides is 3. The maximum absolute atomic E-state index is 12.3. The van der Waals surface area contributed by atoms with E-state index in [1.807, 2.05) is 26.0 Å². The number of rotatable bonds is 5. The van der Waals surface area contributed by atoms with Crippen LogP contribution in [0.2, 0.25) is 0 Å². The summed E-state index contributed by atoms with van der Waals surface area (Å²) in [5, 5.41) is 5.42. The molecule has 0 spiro atoms. The molecule has 0 atom stereocenters. The van der Waals surface area contributed by atoms with Crippen LogP contribution in [0.5, 0.6) is 5.75 Å². The fraction of sp³-hybridized carbons (Fsp3) is 0.429. The summed E-state index contributed by atoms with van der Waals surface area (Å²) >= 11 is 0. The Morgan fingerprint density at radius 1 is 1.17 bits per heavy atom. The monoisotopic (exact) mass is 424 g/mol. The first-order chi connectivity index (χ1) is 14.4. The summed E-state index contributed by atoms with van der Waals surface area (Å²) in [5.74, 6) is -0.380. The van der Waals surface area contributed by atoms with E-state index < -0.39 is 12.4 Å². The van der Waals surface area contributed by atoms with Gasteiger partial charge in [0, 0.05) is 49.8 Å². The molecule has 2 N–H and O–H groups in total. The summed E-state index contributed by atoms with van der Waals surface area (Å²) < 4.78 is 40.7. The maximum Gasteiger partial charge on any atom is 0.573 e. The van der Waals surface area contributed by atoms with Crippen molar-refractivity contribution in [1.82, 2.24) is 15.2 Å². The van der Waals surface area contributed by atoms with Gasteiger partial charge in [-0.05, 0) is 42.7 Å². The third kappa shape index (κ3) is 8.28. The Kier molecular flexibility index (Phi) is 8.91. The van der Waals surface area contributed by atoms with Crippen LogP contribution in [0.25, 0.3) is 0 Å². The first-order valence-electron chi connectivity index (χ1n) is 9.92. The van der Waals surface area contributed by atoms with Crippen molar-refractivity contribution >= 4 is 11.7 Å². The van der Waals surface area contributed by atoms with Crippen molar-refractivity contribution in [3.05, 3.63) is 54.4 Å². The Balaban J connectivity index is 0.00000155. The standard InChI is InChI=1S/C19H21F3N4O2.C2H6/c20-19(21,22)28-17-3-1-2-16(12-17)25-18(27)24-15-6-10-26(11-7-15)13-14-4-8-23-9-5-14;1-2/h1-5,8-9,12,15H,6-7,10-11,13H2,(H2,24,25,27);1-2H3. The van der Waals surface area contributed by atoms with Crippen LogP contribution in [0.3, 0.4) is 0 Å². The van der Waals surface area contributed by atoms with Gasteiger partial charge in [-0.25, -0.2) is 4.79 Å². The van der Waals surface area contributed by atoms with Gasteiger partial charge in [-0.2, -0.15) is 0 Å². The number of likely N-dealkylation sites (tertiary alicyclic amines) is 1. The van der Waals surface area contributed by atoms with Crippen molar-refractivity contribution in [2.24, 2.45) is 0 Å². The van der Waals surface area contributed by atoms with E-state index in [2.05, 4.69) is 25.3 Å². The maximum atomic E-state index is 12.3. The fourth-order valence-electron chi connectivity index (χ4n) is 3.11. The smallest absolute Gasteiger partial charge is 0.406 e. The van der Waals surface area contributed by atoms with Crippen LogP contribution in [0.4, 0.5) is 23.7 Å². The number of nitrogens with zero attached hydrogens (tertiary/aromatic N) is 2. The summed E-state index contributed by atoms with van der Waals surface area (Å²) in [6, 6.07) is 8.72. The minimum Gasteiger partial charge on any atom is -0.406 e. The lowest BCUT2D eigenvalue weighted by molar-refractivity contribution is -0.274. The summed E-state index contributed by atoms with van der Waals surface area (Å²) in [6.45, 7) is 6.54. The predicted molar refractivity (Wildman–Crippen MR) is 109 cm³/mol. The number of nitrogens with one attached hydrogen (secondary N) is 2. The predicted octanol–water partition coefficient (Wildman–Crippen LogP) is 4.79. The third-order valence-electron chi connectivity index (χ3n) is 4.40. The van der Waals surface area contributed by atoms with Gasteiger partial charge in [0.2, 0.25) is 0 Å². The lowest BCUT2D eigenvalue weighted by atomic mass is 10.0. The largest absolute Gasteiger partial charge is 0.573 e. The van der Waals surface area contributed by atoms with Crippen molar-refractivity contribution in [1.29, 1.82) is 0 Å². The molecule has 2 aromatic rings. The lowest BCUT2D eigenvalue weighted by Crippen LogP contribution is -2.45. The molecule has 30 heavy (non-hydrogen) atoms. The van der Waals surface area contributed by atoms with E-state index in [4.69, 9.17) is 0 Å². The molecule has 0 saturated carbocycles. The highest BCUT2D eigenvalue weighted by Gasteiger charge is 2.31. The van der Waals surface area contributed by atoms with Crippen LogP contribution in [0.15, 0.2) is 48.8 Å². The highest BCUT2D eigenvalue weighted by atomic mass is 19.4. The Morgan fingerprint density at radius 2 is 1.83 bits per heavy atom. The molecule has 1 aliphatic rings. The zero-order valence-electron chi connectivity index (χ0n) is 17.1. The minimum absolute atomic E-state index is 0.0169. The van der Waals surface area contributed by atoms with Crippen molar-refractivity contribution in [3.8, 4) is 5.75 Å². The van der Waals surface area contributed by atoms with E-state index in [1.165, 1.54) is 23.8 Å². The van der Waals surface area contributed by atoms with E-state index in [1.54, 1.807) is 12.4 Å². The van der Waals surface area contributed by atoms with Crippen LogP contribution in [-0.4, -0.2) is 41.4 Å². The number of ether oxygens (including phenoxy) is 1. The van der Waals surface area contributed by atoms with Gasteiger partial charge in [0.15, 0.2) is 0 Å². The van der Waals surface area contributed by atoms with Gasteiger partial charge in [0.25, 0.3) is 0 Å². The topological polar surface area (TPSA) is 66.5 Å². The van der Waals surface area contributed by atoms with Crippen LogP contribution in [0.1, 0.15) is 32.3 Å². The van der Waals surface area contributed by atoms with Crippen molar-refractivity contribution in [2.75, 3.05) is 18.4 Å². The molecule has 0 aliphatic carbocycles. The highest BCUT2D eigenvalue weighted by molar-refractivity contribution is 5.89. The van der Waals surface area contributed by atoms with Gasteiger partial charge >= 0.3 is 12.4 Å². The SMILES string of the molecule is CC.O=C(Nc1cccc(OC(F)(F)F)c1)NC1CCN(Cc2ccncc2)CC1. The number of anilines is 1. The van der Waals surface area contributed by atoms with Crippen molar-refractivity contribution in [3.63, 3.8) is 0 Å². The van der Waals surface area contributed by atoms with Gasteiger partial charge in [0.1, 0.15) is 5.75 Å². The van der Waals surface area contributed by atoms with E-state index >= 15 is 0 Å². The van der Waals surface area contributed by atoms with Crippen molar-refractivity contribution < 1.29 is 22.7 Å². The molecule has 1 aromatic heterocycles. The number of hydrogen-bond acceptors (Lipinski definition) is 4. The average molecular weight is 424 g/mol. The Labute approximate surface area is 174 Å². The number of aromatic nitrogens is 1. The van der Waals surface area contributed by atoms with Gasteiger partial charge in [0.05, 0.1) is 0 Å². The molecule has 1 aromatic carbocycles. The quantitative estimate of drug-likeness (QED) is 0.724. The zero-order valence-corrected chi connectivity index (χ0v) is 17.1. The second-order valence-corrected chi connectivity index (χ2v) is 6.58. The summed E-state index contributed by atoms with van der Waals surface area (Å²) in [4.78, 5) is 18.5. The number of urea groups is 1. The van der Waals surface area contributed by atoms with E-state index in [9.17, 15) is 18.0 Å². The van der Waals surface area contributed by atoms with Crippen LogP contribution >= 0.6 is 0 Å². The molecular weight excluding hydrogens is 397 g/mol. The molecule has 1 fully saturated rings. The number of amides is 2. The summed E-state index contributed by atoms with van der Waals surface area (Å²) in [6.07, 6.45) is 0.363. The number of carbonyl (C=O) groups excluding carboxylic acids is 1. The highest BCUT2D eigenvalue weighted by Crippen LogP contribution is 2.25. The molecule has 1 aliphatic heterocycles. The molecule has 3 rings (SSSR count). The minimum atomic E-state index is -4.77. The number of benzene rings is 1. The van der Waals surface area contributed by atoms with Gasteiger partial charge in [-0.3, -0.25) is 9.88 Å². The molecule has 1 saturated heterocycles. The van der Waals surface area contributed by atoms with Gasteiger partial charge in [-0.15, -0.1) is 13.2 Å². The second kappa shape index (κ2) is 11.4. The van der Waals surface area contributed by atoms with Crippen molar-refractivity contribution in [2.45, 2.75) is 45.6 Å². The van der Waals surface area contributed by atoms with Gasteiger partial charge in [-0.1, -0.05) is 19.9 Å². The zero-order chi connectivity index (χ0) is 22.0. The molecular formula is C21H27F3N4O2. The van der Waals surface area contributed by atoms with Crippen LogP contribution < -0.4 is 15.4 Å². The van der Waals surface area contributed by atoms with E-state index in [0.717, 1.165) is 38.5 Å². The lowest BCUT2D eigenvalue weighted by Gasteiger charge is -2.32. The normalized spacial score (nSPS) is 15.0. The first kappa shape index (κ1) is 23.5. The Bertz CT molecular complexity index is 779.